The first-order chi connectivity index (χ1) is 8.24. The number of nitrogens with two attached hydrogens (primary N) is 1. The quantitative estimate of drug-likeness (QED) is 0.221. The third kappa shape index (κ3) is 5.31. The standard InChI is InChI=1S/C12H20N4O/c1-10(11-6-2-4-9-15-11)14-8-5-3-7-12(13)16-17/h2,4,6,9-10,14,17H,3,5,7-8H2,1H3,(H2,13,16)/t10-/m1/s1. The van der Waals surface area contributed by atoms with Crippen molar-refractivity contribution in [2.75, 3.05) is 6.54 Å². The Kier molecular flexibility index (Phi) is 6.03. The number of rotatable bonds is 7. The fraction of sp³-hybridized carbons (Fsp3) is 0.500. The highest BCUT2D eigenvalue weighted by atomic mass is 16.4. The van der Waals surface area contributed by atoms with Crippen molar-refractivity contribution in [2.24, 2.45) is 10.9 Å². The van der Waals surface area contributed by atoms with Gasteiger partial charge in [0, 0.05) is 18.7 Å². The molecule has 1 aromatic heterocycles. The van der Waals surface area contributed by atoms with Crippen LogP contribution in [-0.2, 0) is 0 Å². The Bertz CT molecular complexity index is 340. The summed E-state index contributed by atoms with van der Waals surface area (Å²) in [7, 11) is 0. The molecule has 0 amide bonds. The maximum atomic E-state index is 8.37. The van der Waals surface area contributed by atoms with E-state index < -0.39 is 0 Å². The summed E-state index contributed by atoms with van der Waals surface area (Å²) in [5, 5.41) is 14.7. The van der Waals surface area contributed by atoms with Gasteiger partial charge in [-0.15, -0.1) is 0 Å². The van der Waals surface area contributed by atoms with Crippen LogP contribution in [0.4, 0.5) is 0 Å². The minimum Gasteiger partial charge on any atom is -0.409 e. The zero-order chi connectivity index (χ0) is 12.5. The molecule has 0 bridgehead atoms. The summed E-state index contributed by atoms with van der Waals surface area (Å²) in [6, 6.07) is 6.15. The van der Waals surface area contributed by atoms with Gasteiger partial charge >= 0.3 is 0 Å². The topological polar surface area (TPSA) is 83.5 Å². The summed E-state index contributed by atoms with van der Waals surface area (Å²) < 4.78 is 0. The number of unbranched alkanes of at least 4 members (excludes halogenated alkanes) is 1. The van der Waals surface area contributed by atoms with Gasteiger partial charge in [-0.2, -0.15) is 0 Å². The molecule has 17 heavy (non-hydrogen) atoms. The molecule has 0 aliphatic heterocycles. The molecule has 0 aliphatic rings. The summed E-state index contributed by atoms with van der Waals surface area (Å²) >= 11 is 0. The average Bonchev–Trinajstić information content (AvgIpc) is 2.38. The van der Waals surface area contributed by atoms with Crippen LogP contribution in [0.15, 0.2) is 29.6 Å². The normalized spacial score (nSPS) is 13.6. The van der Waals surface area contributed by atoms with Crippen molar-refractivity contribution in [2.45, 2.75) is 32.2 Å². The molecule has 1 atom stereocenters. The molecule has 0 spiro atoms. The molecule has 1 aromatic rings. The second-order valence-corrected chi connectivity index (χ2v) is 3.98. The minimum atomic E-state index is 0.250. The predicted molar refractivity (Wildman–Crippen MR) is 67.9 cm³/mol. The molecule has 5 heteroatoms. The van der Waals surface area contributed by atoms with Crippen LogP contribution in [0, 0.1) is 0 Å². The van der Waals surface area contributed by atoms with Crippen molar-refractivity contribution in [3.63, 3.8) is 0 Å². The van der Waals surface area contributed by atoms with E-state index in [1.807, 2.05) is 18.2 Å². The third-order valence-electron chi connectivity index (χ3n) is 2.57. The van der Waals surface area contributed by atoms with Gasteiger partial charge in [0.25, 0.3) is 0 Å². The number of hydrogen-bond acceptors (Lipinski definition) is 4. The molecule has 0 radical (unpaired) electrons. The Balaban J connectivity index is 2.15. The van der Waals surface area contributed by atoms with E-state index >= 15 is 0 Å². The zero-order valence-electron chi connectivity index (χ0n) is 10.1. The van der Waals surface area contributed by atoms with Crippen LogP contribution in [0.3, 0.4) is 0 Å². The van der Waals surface area contributed by atoms with E-state index in [9.17, 15) is 0 Å². The molecule has 0 aromatic carbocycles. The van der Waals surface area contributed by atoms with E-state index in [0.717, 1.165) is 25.1 Å². The van der Waals surface area contributed by atoms with Gasteiger partial charge in [-0.3, -0.25) is 4.98 Å². The van der Waals surface area contributed by atoms with Crippen LogP contribution in [0.25, 0.3) is 0 Å². The van der Waals surface area contributed by atoms with Crippen LogP contribution in [-0.4, -0.2) is 22.6 Å². The molecular formula is C12H20N4O. The van der Waals surface area contributed by atoms with Gasteiger partial charge in [0.2, 0.25) is 0 Å². The van der Waals surface area contributed by atoms with E-state index in [-0.39, 0.29) is 6.04 Å². The summed E-state index contributed by atoms with van der Waals surface area (Å²) in [5.74, 6) is 0.294. The van der Waals surface area contributed by atoms with E-state index in [1.165, 1.54) is 0 Å². The zero-order valence-corrected chi connectivity index (χ0v) is 10.1. The van der Waals surface area contributed by atoms with Crippen molar-refractivity contribution < 1.29 is 5.21 Å². The summed E-state index contributed by atoms with van der Waals surface area (Å²) in [5.41, 5.74) is 6.42. The Morgan fingerprint density at radius 2 is 2.35 bits per heavy atom. The number of amidine groups is 1. The number of aromatic nitrogens is 1. The minimum absolute atomic E-state index is 0.250. The Labute approximate surface area is 102 Å². The van der Waals surface area contributed by atoms with Crippen molar-refractivity contribution in [1.29, 1.82) is 0 Å². The lowest BCUT2D eigenvalue weighted by Crippen LogP contribution is -2.21. The molecule has 5 nitrogen and oxygen atoms in total. The van der Waals surface area contributed by atoms with Crippen molar-refractivity contribution in [1.82, 2.24) is 10.3 Å². The number of pyridine rings is 1. The summed E-state index contributed by atoms with van der Waals surface area (Å²) in [6.07, 6.45) is 4.34. The second-order valence-electron chi connectivity index (χ2n) is 3.98. The van der Waals surface area contributed by atoms with Gasteiger partial charge in [-0.25, -0.2) is 0 Å². The maximum Gasteiger partial charge on any atom is 0.139 e. The molecule has 1 heterocycles. The number of nitrogens with zero attached hydrogens (tertiary/aromatic N) is 2. The highest BCUT2D eigenvalue weighted by Crippen LogP contribution is 2.07. The molecule has 0 saturated heterocycles. The van der Waals surface area contributed by atoms with Gasteiger partial charge in [-0.05, 0) is 38.4 Å². The summed E-state index contributed by atoms with van der Waals surface area (Å²) in [4.78, 5) is 4.28. The molecule has 1 rings (SSSR count). The van der Waals surface area contributed by atoms with E-state index in [0.29, 0.717) is 12.3 Å². The fourth-order valence-electron chi connectivity index (χ4n) is 1.54. The molecular weight excluding hydrogens is 216 g/mol. The smallest absolute Gasteiger partial charge is 0.139 e. The molecule has 0 unspecified atom stereocenters. The van der Waals surface area contributed by atoms with Gasteiger partial charge in [-0.1, -0.05) is 11.2 Å². The summed E-state index contributed by atoms with van der Waals surface area (Å²) in [6.45, 7) is 2.99. The number of oxime groups is 1. The van der Waals surface area contributed by atoms with Gasteiger partial charge in [0.1, 0.15) is 5.84 Å². The maximum absolute atomic E-state index is 8.37. The first-order valence-electron chi connectivity index (χ1n) is 5.84. The fourth-order valence-corrected chi connectivity index (χ4v) is 1.54. The van der Waals surface area contributed by atoms with Crippen LogP contribution in [0.5, 0.6) is 0 Å². The van der Waals surface area contributed by atoms with Gasteiger partial charge < -0.3 is 16.3 Å². The van der Waals surface area contributed by atoms with Crippen molar-refractivity contribution in [3.8, 4) is 0 Å². The molecule has 0 aliphatic carbocycles. The number of hydrogen-bond donors (Lipinski definition) is 3. The lowest BCUT2D eigenvalue weighted by Gasteiger charge is -2.12. The number of nitrogens with one attached hydrogen (secondary N) is 1. The molecule has 94 valence electrons. The second kappa shape index (κ2) is 7.62. The Morgan fingerprint density at radius 1 is 1.53 bits per heavy atom. The van der Waals surface area contributed by atoms with Crippen LogP contribution in [0.1, 0.15) is 37.9 Å². The SMILES string of the molecule is C[C@@H](NCCCC/C(N)=N/O)c1ccccn1. The highest BCUT2D eigenvalue weighted by molar-refractivity contribution is 5.79. The third-order valence-corrected chi connectivity index (χ3v) is 2.57. The average molecular weight is 236 g/mol. The first kappa shape index (κ1) is 13.4. The highest BCUT2D eigenvalue weighted by Gasteiger charge is 2.04. The lowest BCUT2D eigenvalue weighted by atomic mass is 10.2. The Hall–Kier alpha value is -1.62. The molecule has 0 saturated carbocycles. The molecule has 0 fully saturated rings. The van der Waals surface area contributed by atoms with E-state index in [4.69, 9.17) is 10.9 Å². The van der Waals surface area contributed by atoms with Crippen molar-refractivity contribution >= 4 is 5.84 Å². The first-order valence-corrected chi connectivity index (χ1v) is 5.84. The van der Waals surface area contributed by atoms with Crippen LogP contribution in [0.2, 0.25) is 0 Å². The largest absolute Gasteiger partial charge is 0.409 e. The van der Waals surface area contributed by atoms with Gasteiger partial charge in [0.15, 0.2) is 0 Å². The van der Waals surface area contributed by atoms with Gasteiger partial charge in [0.05, 0.1) is 5.69 Å². The van der Waals surface area contributed by atoms with E-state index in [2.05, 4.69) is 22.4 Å². The van der Waals surface area contributed by atoms with Crippen LogP contribution >= 0.6 is 0 Å². The van der Waals surface area contributed by atoms with Crippen LogP contribution < -0.4 is 11.1 Å². The lowest BCUT2D eigenvalue weighted by molar-refractivity contribution is 0.316. The molecule has 4 N–H and O–H groups in total. The van der Waals surface area contributed by atoms with E-state index in [1.54, 1.807) is 6.20 Å². The Morgan fingerprint density at radius 3 is 3.00 bits per heavy atom. The predicted octanol–water partition coefficient (Wildman–Crippen LogP) is 1.65. The van der Waals surface area contributed by atoms with Crippen molar-refractivity contribution in [3.05, 3.63) is 30.1 Å². The monoisotopic (exact) mass is 236 g/mol.